The molecule has 2 aromatic carbocycles. The Morgan fingerprint density at radius 1 is 1.04 bits per heavy atom. The number of likely N-dealkylation sites (N-methyl/N-ethyl adjacent to an activating group) is 1. The van der Waals surface area contributed by atoms with Crippen molar-refractivity contribution in [2.24, 2.45) is 0 Å². The second-order valence-corrected chi connectivity index (χ2v) is 7.80. The fourth-order valence-electron chi connectivity index (χ4n) is 4.17. The number of ether oxygens (including phenoxy) is 1. The largest absolute Gasteiger partial charge is 0.447 e. The van der Waals surface area contributed by atoms with Crippen LogP contribution in [-0.4, -0.2) is 48.7 Å². The molecule has 0 bridgehead atoms. The molecule has 0 saturated carbocycles. The van der Waals surface area contributed by atoms with E-state index in [1.54, 1.807) is 11.9 Å². The monoisotopic (exact) mass is 364 g/mol. The number of cyclic esters (lactones) is 1. The summed E-state index contributed by atoms with van der Waals surface area (Å²) >= 11 is 0. The molecular formula is C23H28N2O2. The third-order valence-electron chi connectivity index (χ3n) is 6.08. The predicted molar refractivity (Wildman–Crippen MR) is 108 cm³/mol. The minimum Gasteiger partial charge on any atom is -0.447 e. The van der Waals surface area contributed by atoms with Gasteiger partial charge in [0.05, 0.1) is 6.04 Å². The lowest BCUT2D eigenvalue weighted by Gasteiger charge is -2.20. The zero-order valence-corrected chi connectivity index (χ0v) is 16.2. The van der Waals surface area contributed by atoms with Crippen molar-refractivity contribution in [1.29, 1.82) is 0 Å². The SMILES string of the molecule is C[C@@H]1CCCN1CCc1ccc(-c2ccc([C@@H]3COC(=O)N3C)cc2)cc1. The number of carbonyl (C=O) groups is 1. The first kappa shape index (κ1) is 18.1. The van der Waals surface area contributed by atoms with E-state index in [9.17, 15) is 4.79 Å². The highest BCUT2D eigenvalue weighted by Crippen LogP contribution is 2.28. The summed E-state index contributed by atoms with van der Waals surface area (Å²) in [5, 5.41) is 0. The summed E-state index contributed by atoms with van der Waals surface area (Å²) in [6, 6.07) is 18.1. The Balaban J connectivity index is 1.39. The van der Waals surface area contributed by atoms with E-state index in [-0.39, 0.29) is 12.1 Å². The highest BCUT2D eigenvalue weighted by Gasteiger charge is 2.30. The van der Waals surface area contributed by atoms with Crippen LogP contribution in [0.5, 0.6) is 0 Å². The van der Waals surface area contributed by atoms with E-state index < -0.39 is 0 Å². The smallest absolute Gasteiger partial charge is 0.410 e. The van der Waals surface area contributed by atoms with Crippen LogP contribution in [0.3, 0.4) is 0 Å². The maximum Gasteiger partial charge on any atom is 0.410 e. The molecule has 0 aromatic heterocycles. The van der Waals surface area contributed by atoms with Crippen LogP contribution >= 0.6 is 0 Å². The summed E-state index contributed by atoms with van der Waals surface area (Å²) in [5.41, 5.74) is 4.94. The van der Waals surface area contributed by atoms with Gasteiger partial charge in [0.2, 0.25) is 0 Å². The Bertz CT molecular complexity index is 785. The minimum atomic E-state index is -0.247. The normalized spacial score (nSPS) is 23.0. The van der Waals surface area contributed by atoms with Gasteiger partial charge in [0.25, 0.3) is 0 Å². The summed E-state index contributed by atoms with van der Waals surface area (Å²) in [4.78, 5) is 15.8. The second kappa shape index (κ2) is 7.73. The summed E-state index contributed by atoms with van der Waals surface area (Å²) in [7, 11) is 1.79. The zero-order chi connectivity index (χ0) is 18.8. The molecule has 2 atom stereocenters. The fourth-order valence-corrected chi connectivity index (χ4v) is 4.17. The van der Waals surface area contributed by atoms with Gasteiger partial charge < -0.3 is 14.5 Å². The zero-order valence-electron chi connectivity index (χ0n) is 16.2. The maximum absolute atomic E-state index is 11.5. The molecule has 27 heavy (non-hydrogen) atoms. The average molecular weight is 364 g/mol. The lowest BCUT2D eigenvalue weighted by Crippen LogP contribution is -2.28. The van der Waals surface area contributed by atoms with Crippen LogP contribution in [0.1, 0.15) is 36.9 Å². The van der Waals surface area contributed by atoms with E-state index in [1.165, 1.54) is 36.1 Å². The van der Waals surface area contributed by atoms with Crippen molar-refractivity contribution in [1.82, 2.24) is 9.80 Å². The average Bonchev–Trinajstić information content (AvgIpc) is 3.26. The van der Waals surface area contributed by atoms with Crippen molar-refractivity contribution in [2.75, 3.05) is 26.7 Å². The Morgan fingerprint density at radius 2 is 1.70 bits per heavy atom. The van der Waals surface area contributed by atoms with Gasteiger partial charge >= 0.3 is 6.09 Å². The molecule has 0 N–H and O–H groups in total. The molecule has 1 amide bonds. The minimum absolute atomic E-state index is 0.0157. The maximum atomic E-state index is 11.5. The summed E-state index contributed by atoms with van der Waals surface area (Å²) < 4.78 is 5.11. The molecule has 2 aliphatic rings. The van der Waals surface area contributed by atoms with Crippen LogP contribution in [0.4, 0.5) is 4.79 Å². The van der Waals surface area contributed by atoms with Crippen LogP contribution in [0.15, 0.2) is 48.5 Å². The van der Waals surface area contributed by atoms with Gasteiger partial charge in [0.1, 0.15) is 6.61 Å². The van der Waals surface area contributed by atoms with Crippen molar-refractivity contribution in [3.63, 3.8) is 0 Å². The molecule has 2 heterocycles. The molecule has 2 saturated heterocycles. The fraction of sp³-hybridized carbons (Fsp3) is 0.435. The molecule has 2 fully saturated rings. The summed E-state index contributed by atoms with van der Waals surface area (Å²) in [6.07, 6.45) is 3.55. The van der Waals surface area contributed by atoms with Crippen molar-refractivity contribution < 1.29 is 9.53 Å². The predicted octanol–water partition coefficient (Wildman–Crippen LogP) is 4.50. The molecule has 0 radical (unpaired) electrons. The Hall–Kier alpha value is -2.33. The molecule has 2 aromatic rings. The number of rotatable bonds is 5. The number of hydrogen-bond acceptors (Lipinski definition) is 3. The quantitative estimate of drug-likeness (QED) is 0.783. The molecule has 4 rings (SSSR count). The first-order chi connectivity index (χ1) is 13.1. The number of benzene rings is 2. The topological polar surface area (TPSA) is 32.8 Å². The highest BCUT2D eigenvalue weighted by molar-refractivity contribution is 5.70. The third kappa shape index (κ3) is 3.86. The summed E-state index contributed by atoms with van der Waals surface area (Å²) in [6.45, 7) is 5.17. The molecule has 0 unspecified atom stereocenters. The van der Waals surface area contributed by atoms with Crippen LogP contribution in [-0.2, 0) is 11.2 Å². The van der Waals surface area contributed by atoms with Gasteiger partial charge in [0.15, 0.2) is 0 Å². The standard InChI is InChI=1S/C23H28N2O2/c1-17-4-3-14-25(17)15-13-18-5-7-19(8-6-18)20-9-11-21(12-10-20)22-16-27-23(26)24(22)2/h5-12,17,22H,3-4,13-16H2,1-2H3/t17-,22+/m1/s1. The number of likely N-dealkylation sites (tertiary alicyclic amines) is 1. The molecule has 4 nitrogen and oxygen atoms in total. The first-order valence-electron chi connectivity index (χ1n) is 9.95. The van der Waals surface area contributed by atoms with Gasteiger partial charge in [-0.25, -0.2) is 4.79 Å². The third-order valence-corrected chi connectivity index (χ3v) is 6.08. The van der Waals surface area contributed by atoms with Gasteiger partial charge in [-0.2, -0.15) is 0 Å². The van der Waals surface area contributed by atoms with Crippen molar-refractivity contribution in [2.45, 2.75) is 38.3 Å². The van der Waals surface area contributed by atoms with Gasteiger partial charge in [0, 0.05) is 19.6 Å². The first-order valence-corrected chi connectivity index (χ1v) is 9.95. The van der Waals surface area contributed by atoms with Gasteiger partial charge in [-0.3, -0.25) is 0 Å². The Morgan fingerprint density at radius 3 is 2.26 bits per heavy atom. The van der Waals surface area contributed by atoms with Crippen LogP contribution < -0.4 is 0 Å². The number of amides is 1. The van der Waals surface area contributed by atoms with E-state index in [0.717, 1.165) is 24.6 Å². The summed E-state index contributed by atoms with van der Waals surface area (Å²) in [5.74, 6) is 0. The van der Waals surface area contributed by atoms with E-state index in [2.05, 4.69) is 60.4 Å². The van der Waals surface area contributed by atoms with E-state index in [0.29, 0.717) is 6.61 Å². The Labute approximate surface area is 161 Å². The van der Waals surface area contributed by atoms with Crippen LogP contribution in [0, 0.1) is 0 Å². The number of nitrogens with zero attached hydrogens (tertiary/aromatic N) is 2. The molecule has 142 valence electrons. The van der Waals surface area contributed by atoms with Crippen LogP contribution in [0.25, 0.3) is 11.1 Å². The number of hydrogen-bond donors (Lipinski definition) is 0. The van der Waals surface area contributed by atoms with Gasteiger partial charge in [-0.1, -0.05) is 48.5 Å². The second-order valence-electron chi connectivity index (χ2n) is 7.80. The lowest BCUT2D eigenvalue weighted by atomic mass is 9.99. The lowest BCUT2D eigenvalue weighted by molar-refractivity contribution is 0.163. The van der Waals surface area contributed by atoms with E-state index in [1.807, 2.05) is 0 Å². The molecule has 4 heteroatoms. The van der Waals surface area contributed by atoms with Crippen LogP contribution in [0.2, 0.25) is 0 Å². The molecular weight excluding hydrogens is 336 g/mol. The van der Waals surface area contributed by atoms with Gasteiger partial charge in [-0.05, 0) is 55.0 Å². The molecule has 2 aliphatic heterocycles. The van der Waals surface area contributed by atoms with E-state index in [4.69, 9.17) is 4.74 Å². The Kier molecular flexibility index (Phi) is 5.17. The number of carbonyl (C=O) groups excluding carboxylic acids is 1. The molecule has 0 spiro atoms. The molecule has 0 aliphatic carbocycles. The van der Waals surface area contributed by atoms with E-state index >= 15 is 0 Å². The van der Waals surface area contributed by atoms with Crippen molar-refractivity contribution in [3.05, 3.63) is 59.7 Å². The van der Waals surface area contributed by atoms with Crippen molar-refractivity contribution in [3.8, 4) is 11.1 Å². The van der Waals surface area contributed by atoms with Crippen molar-refractivity contribution >= 4 is 6.09 Å². The van der Waals surface area contributed by atoms with Gasteiger partial charge in [-0.15, -0.1) is 0 Å². The highest BCUT2D eigenvalue weighted by atomic mass is 16.6.